The van der Waals surface area contributed by atoms with Crippen molar-refractivity contribution in [1.82, 2.24) is 10.3 Å². The van der Waals surface area contributed by atoms with E-state index < -0.39 is 0 Å². The van der Waals surface area contributed by atoms with Gasteiger partial charge in [0.1, 0.15) is 11.3 Å². The minimum absolute atomic E-state index is 0.00890. The molecule has 134 valence electrons. The first-order valence-corrected chi connectivity index (χ1v) is 8.34. The number of phenolic OH excluding ortho intramolecular Hbond substituents is 1. The number of aromatic amines is 1. The lowest BCUT2D eigenvalue weighted by Crippen LogP contribution is -2.30. The number of rotatable bonds is 2. The molecule has 2 aromatic carbocycles. The number of carbonyl (C=O) groups is 2. The summed E-state index contributed by atoms with van der Waals surface area (Å²) in [6.07, 6.45) is 1.66. The Morgan fingerprint density at radius 3 is 2.81 bits per heavy atom. The molecule has 4 aromatic rings. The Bertz CT molecular complexity index is 1260. The molecule has 3 N–H and O–H groups in total. The molecular weight excluding hydrogens is 348 g/mol. The lowest BCUT2D eigenvalue weighted by Gasteiger charge is -2.10. The Morgan fingerprint density at radius 1 is 1.15 bits per heavy atom. The molecule has 0 unspecified atom stereocenters. The summed E-state index contributed by atoms with van der Waals surface area (Å²) in [5.41, 5.74) is 2.73. The van der Waals surface area contributed by atoms with E-state index in [0.29, 0.717) is 38.8 Å². The fourth-order valence-corrected chi connectivity index (χ4v) is 3.62. The number of furan rings is 1. The zero-order chi connectivity index (χ0) is 18.7. The van der Waals surface area contributed by atoms with Gasteiger partial charge in [-0.05, 0) is 30.3 Å². The summed E-state index contributed by atoms with van der Waals surface area (Å²) in [5.74, 6) is 0.0690. The van der Waals surface area contributed by atoms with Crippen molar-refractivity contribution in [2.24, 2.45) is 0 Å². The molecular formula is C20H14N2O5. The first kappa shape index (κ1) is 15.5. The maximum atomic E-state index is 12.9. The molecule has 1 amide bonds. The van der Waals surface area contributed by atoms with Crippen LogP contribution in [-0.4, -0.2) is 35.4 Å². The molecule has 0 radical (unpaired) electrons. The molecule has 0 bridgehead atoms. The minimum atomic E-state index is -0.386. The van der Waals surface area contributed by atoms with Gasteiger partial charge in [0.15, 0.2) is 17.3 Å². The molecule has 27 heavy (non-hydrogen) atoms. The average molecular weight is 362 g/mol. The molecule has 0 atom stereocenters. The molecule has 0 aliphatic carbocycles. The van der Waals surface area contributed by atoms with Crippen LogP contribution in [0.3, 0.4) is 0 Å². The third-order valence-electron chi connectivity index (χ3n) is 4.88. The number of ether oxygens (including phenoxy) is 1. The largest absolute Gasteiger partial charge is 0.504 e. The van der Waals surface area contributed by atoms with Crippen molar-refractivity contribution < 1.29 is 23.8 Å². The predicted octanol–water partition coefficient (Wildman–Crippen LogP) is 3.22. The zero-order valence-corrected chi connectivity index (χ0v) is 14.3. The second kappa shape index (κ2) is 5.38. The predicted molar refractivity (Wildman–Crippen MR) is 98.4 cm³/mol. The van der Waals surface area contributed by atoms with Crippen LogP contribution in [0.5, 0.6) is 11.5 Å². The summed E-state index contributed by atoms with van der Waals surface area (Å²) >= 11 is 0. The topological polar surface area (TPSA) is 105 Å². The number of methoxy groups -OCH3 is 1. The third kappa shape index (κ3) is 2.08. The summed E-state index contributed by atoms with van der Waals surface area (Å²) in [6.45, 7) is -0.0921. The summed E-state index contributed by atoms with van der Waals surface area (Å²) in [4.78, 5) is 28.4. The van der Waals surface area contributed by atoms with Crippen LogP contribution in [0.15, 0.2) is 40.9 Å². The zero-order valence-electron chi connectivity index (χ0n) is 14.3. The Labute approximate surface area is 152 Å². The third-order valence-corrected chi connectivity index (χ3v) is 4.88. The number of amides is 1. The van der Waals surface area contributed by atoms with E-state index in [2.05, 4.69) is 10.3 Å². The number of carbonyl (C=O) groups excluding carboxylic acids is 2. The highest BCUT2D eigenvalue weighted by molar-refractivity contribution is 6.26. The van der Waals surface area contributed by atoms with Gasteiger partial charge in [-0.3, -0.25) is 9.59 Å². The van der Waals surface area contributed by atoms with Crippen LogP contribution >= 0.6 is 0 Å². The van der Waals surface area contributed by atoms with Gasteiger partial charge in [0, 0.05) is 33.6 Å². The lowest BCUT2D eigenvalue weighted by atomic mass is 9.97. The normalized spacial score (nSPS) is 13.8. The van der Waals surface area contributed by atoms with Gasteiger partial charge in [0.05, 0.1) is 19.2 Å². The SMILES string of the molecule is COc1cc(-c2oc3ccc4[nH]cc5c4c3c2C(=O)NCC5=O)ccc1O. The highest BCUT2D eigenvalue weighted by Gasteiger charge is 2.29. The second-order valence-corrected chi connectivity index (χ2v) is 6.36. The van der Waals surface area contributed by atoms with Gasteiger partial charge in [0.25, 0.3) is 5.91 Å². The standard InChI is InChI=1S/C20H14N2O5/c1-26-15-6-9(2-4-12(15)23)19-18-17-14(27-19)5-3-11-16(17)10(7-21-11)13(24)8-22-20(18)25/h2-7,21,23H,8H2,1H3,(H,22,25). The number of nitrogens with one attached hydrogen (secondary N) is 2. The number of phenols is 1. The number of hydrogen-bond acceptors (Lipinski definition) is 5. The van der Waals surface area contributed by atoms with E-state index in [0.717, 1.165) is 5.52 Å². The van der Waals surface area contributed by atoms with Crippen molar-refractivity contribution in [2.75, 3.05) is 13.7 Å². The fraction of sp³-hybridized carbons (Fsp3) is 0.100. The summed E-state index contributed by atoms with van der Waals surface area (Å²) in [6, 6.07) is 8.33. The average Bonchev–Trinajstić information content (AvgIpc) is 3.26. The van der Waals surface area contributed by atoms with Crippen molar-refractivity contribution in [3.8, 4) is 22.8 Å². The van der Waals surface area contributed by atoms with E-state index in [1.165, 1.54) is 13.2 Å². The van der Waals surface area contributed by atoms with Crippen LogP contribution in [0.2, 0.25) is 0 Å². The van der Waals surface area contributed by atoms with E-state index in [1.807, 2.05) is 6.07 Å². The van der Waals surface area contributed by atoms with E-state index in [1.54, 1.807) is 24.4 Å². The molecule has 3 heterocycles. The maximum absolute atomic E-state index is 12.9. The smallest absolute Gasteiger partial charge is 0.256 e. The maximum Gasteiger partial charge on any atom is 0.256 e. The van der Waals surface area contributed by atoms with Crippen LogP contribution in [-0.2, 0) is 0 Å². The van der Waals surface area contributed by atoms with Gasteiger partial charge in [-0.25, -0.2) is 0 Å². The van der Waals surface area contributed by atoms with Crippen LogP contribution in [0.4, 0.5) is 0 Å². The number of aromatic nitrogens is 1. The first-order valence-electron chi connectivity index (χ1n) is 8.34. The first-order chi connectivity index (χ1) is 13.1. The Morgan fingerprint density at radius 2 is 2.00 bits per heavy atom. The second-order valence-electron chi connectivity index (χ2n) is 6.36. The van der Waals surface area contributed by atoms with Crippen molar-refractivity contribution in [3.63, 3.8) is 0 Å². The van der Waals surface area contributed by atoms with E-state index in [4.69, 9.17) is 9.15 Å². The van der Waals surface area contributed by atoms with E-state index in [9.17, 15) is 14.7 Å². The number of H-pyrrole nitrogens is 1. The number of Topliss-reactive ketones (excluding diaryl/α,β-unsaturated/α-hetero) is 1. The van der Waals surface area contributed by atoms with Gasteiger partial charge < -0.3 is 24.6 Å². The molecule has 5 rings (SSSR count). The van der Waals surface area contributed by atoms with Crippen molar-refractivity contribution in [1.29, 1.82) is 0 Å². The van der Waals surface area contributed by atoms with E-state index in [-0.39, 0.29) is 29.7 Å². The van der Waals surface area contributed by atoms with Crippen LogP contribution < -0.4 is 10.1 Å². The molecule has 1 aliphatic rings. The van der Waals surface area contributed by atoms with Crippen molar-refractivity contribution in [3.05, 3.63) is 47.7 Å². The molecule has 0 fully saturated rings. The number of aromatic hydroxyl groups is 1. The fourth-order valence-electron chi connectivity index (χ4n) is 3.62. The molecule has 0 saturated heterocycles. The van der Waals surface area contributed by atoms with Gasteiger partial charge in [-0.1, -0.05) is 0 Å². The molecule has 0 saturated carbocycles. The quantitative estimate of drug-likeness (QED) is 0.508. The molecule has 2 aromatic heterocycles. The number of hydrogen-bond donors (Lipinski definition) is 3. The molecule has 0 spiro atoms. The summed E-state index contributed by atoms with van der Waals surface area (Å²) in [7, 11) is 1.45. The summed E-state index contributed by atoms with van der Waals surface area (Å²) < 4.78 is 11.2. The van der Waals surface area contributed by atoms with Crippen LogP contribution in [0.25, 0.3) is 33.2 Å². The van der Waals surface area contributed by atoms with Gasteiger partial charge in [-0.2, -0.15) is 0 Å². The Hall–Kier alpha value is -3.74. The number of benzene rings is 2. The van der Waals surface area contributed by atoms with Gasteiger partial charge in [0.2, 0.25) is 0 Å². The summed E-state index contributed by atoms with van der Waals surface area (Å²) in [5, 5.41) is 13.8. The van der Waals surface area contributed by atoms with Crippen molar-refractivity contribution >= 4 is 33.6 Å². The Balaban J connectivity index is 1.91. The Kier molecular flexibility index (Phi) is 3.09. The van der Waals surface area contributed by atoms with Crippen LogP contribution in [0.1, 0.15) is 20.7 Å². The highest BCUT2D eigenvalue weighted by atomic mass is 16.5. The molecule has 1 aliphatic heterocycles. The number of ketones is 1. The molecule has 7 nitrogen and oxygen atoms in total. The van der Waals surface area contributed by atoms with Gasteiger partial charge in [-0.15, -0.1) is 0 Å². The monoisotopic (exact) mass is 362 g/mol. The molecule has 7 heteroatoms. The lowest BCUT2D eigenvalue weighted by molar-refractivity contribution is 0.0904. The van der Waals surface area contributed by atoms with Crippen molar-refractivity contribution in [2.45, 2.75) is 0 Å². The van der Waals surface area contributed by atoms with Crippen LogP contribution in [0, 0.1) is 0 Å². The minimum Gasteiger partial charge on any atom is -0.504 e. The van der Waals surface area contributed by atoms with E-state index >= 15 is 0 Å². The van der Waals surface area contributed by atoms with Gasteiger partial charge >= 0.3 is 0 Å². The highest BCUT2D eigenvalue weighted by Crippen LogP contribution is 2.41.